The van der Waals surface area contributed by atoms with Crippen LogP contribution < -0.4 is 5.32 Å². The van der Waals surface area contributed by atoms with Gasteiger partial charge in [0.25, 0.3) is 0 Å². The van der Waals surface area contributed by atoms with Gasteiger partial charge in [-0.05, 0) is 44.6 Å². The molecule has 1 saturated carbocycles. The minimum atomic E-state index is -0.617. The van der Waals surface area contributed by atoms with Crippen LogP contribution in [0.4, 0.5) is 0 Å². The van der Waals surface area contributed by atoms with Crippen molar-refractivity contribution >= 4 is 23.6 Å². The highest BCUT2D eigenvalue weighted by Gasteiger charge is 2.47. The lowest BCUT2D eigenvalue weighted by atomic mass is 9.85. The number of amides is 4. The topological polar surface area (TPSA) is 86.8 Å². The number of fused-ring (bicyclic) bond motifs is 1. The molecular formula is C27H35N3O4. The van der Waals surface area contributed by atoms with Crippen LogP contribution in [0.25, 0.3) is 0 Å². The van der Waals surface area contributed by atoms with E-state index in [1.807, 2.05) is 42.5 Å². The summed E-state index contributed by atoms with van der Waals surface area (Å²) in [5.41, 5.74) is 1.09. The number of nitrogens with one attached hydrogen (secondary N) is 1. The third-order valence-electron chi connectivity index (χ3n) is 7.50. The molecule has 1 aliphatic heterocycles. The van der Waals surface area contributed by atoms with E-state index in [1.54, 1.807) is 11.8 Å². The van der Waals surface area contributed by atoms with E-state index in [-0.39, 0.29) is 54.5 Å². The van der Waals surface area contributed by atoms with E-state index in [9.17, 15) is 19.2 Å². The first-order chi connectivity index (χ1) is 16.5. The molecule has 1 aromatic carbocycles. The summed E-state index contributed by atoms with van der Waals surface area (Å²) in [4.78, 5) is 54.7. The Morgan fingerprint density at radius 1 is 1.03 bits per heavy atom. The van der Waals surface area contributed by atoms with E-state index >= 15 is 0 Å². The number of carbonyl (C=O) groups is 4. The number of hydrogen-bond acceptors (Lipinski definition) is 4. The Kier molecular flexibility index (Phi) is 7.80. The zero-order chi connectivity index (χ0) is 24.1. The van der Waals surface area contributed by atoms with Crippen LogP contribution in [-0.4, -0.2) is 58.6 Å². The Morgan fingerprint density at radius 3 is 2.26 bits per heavy atom. The van der Waals surface area contributed by atoms with Gasteiger partial charge in [-0.1, -0.05) is 55.3 Å². The fourth-order valence-electron chi connectivity index (χ4n) is 5.40. The van der Waals surface area contributed by atoms with Crippen LogP contribution in [0.3, 0.4) is 0 Å². The normalized spacial score (nSPS) is 23.1. The first kappa shape index (κ1) is 24.2. The van der Waals surface area contributed by atoms with Gasteiger partial charge < -0.3 is 10.2 Å². The highest BCUT2D eigenvalue weighted by molar-refractivity contribution is 6.05. The van der Waals surface area contributed by atoms with Crippen molar-refractivity contribution in [3.63, 3.8) is 0 Å². The van der Waals surface area contributed by atoms with Crippen molar-refractivity contribution in [2.24, 2.45) is 11.8 Å². The fraction of sp³-hybridized carbons (Fsp3) is 0.556. The monoisotopic (exact) mass is 465 g/mol. The van der Waals surface area contributed by atoms with Crippen molar-refractivity contribution in [2.75, 3.05) is 13.1 Å². The first-order valence-electron chi connectivity index (χ1n) is 12.6. The van der Waals surface area contributed by atoms with Gasteiger partial charge >= 0.3 is 0 Å². The van der Waals surface area contributed by atoms with Crippen LogP contribution in [0.2, 0.25) is 0 Å². The minimum absolute atomic E-state index is 0.0280. The molecule has 0 radical (unpaired) electrons. The van der Waals surface area contributed by atoms with Crippen molar-refractivity contribution in [3.05, 3.63) is 48.0 Å². The van der Waals surface area contributed by atoms with Crippen LogP contribution in [0.1, 0.15) is 57.4 Å². The molecule has 0 aromatic heterocycles. The van der Waals surface area contributed by atoms with Crippen LogP contribution in [0, 0.1) is 11.8 Å². The summed E-state index contributed by atoms with van der Waals surface area (Å²) >= 11 is 0. The summed E-state index contributed by atoms with van der Waals surface area (Å²) in [7, 11) is 0. The molecule has 1 heterocycles. The maximum Gasteiger partial charge on any atom is 0.242 e. The fourth-order valence-corrected chi connectivity index (χ4v) is 5.40. The van der Waals surface area contributed by atoms with Crippen molar-refractivity contribution in [1.82, 2.24) is 15.1 Å². The number of rotatable bonds is 9. The molecule has 34 heavy (non-hydrogen) atoms. The van der Waals surface area contributed by atoms with Crippen molar-refractivity contribution < 1.29 is 19.2 Å². The second kappa shape index (κ2) is 11.0. The lowest BCUT2D eigenvalue weighted by Crippen LogP contribution is -2.51. The summed E-state index contributed by atoms with van der Waals surface area (Å²) in [6.07, 6.45) is 9.93. The Morgan fingerprint density at radius 2 is 1.65 bits per heavy atom. The smallest absolute Gasteiger partial charge is 0.242 e. The summed E-state index contributed by atoms with van der Waals surface area (Å²) in [5.74, 6) is -1.28. The van der Waals surface area contributed by atoms with Gasteiger partial charge in [0.1, 0.15) is 6.04 Å². The van der Waals surface area contributed by atoms with E-state index < -0.39 is 6.04 Å². The molecule has 1 aromatic rings. The Labute approximate surface area is 201 Å². The Balaban J connectivity index is 1.40. The van der Waals surface area contributed by atoms with Crippen molar-refractivity contribution in [3.8, 4) is 0 Å². The van der Waals surface area contributed by atoms with E-state index in [0.717, 1.165) is 31.2 Å². The third kappa shape index (κ3) is 5.40. The highest BCUT2D eigenvalue weighted by atomic mass is 16.2. The van der Waals surface area contributed by atoms with Crippen molar-refractivity contribution in [2.45, 2.75) is 70.4 Å². The first-order valence-corrected chi connectivity index (χ1v) is 12.6. The Hall–Kier alpha value is -2.96. The molecule has 3 aliphatic rings. The predicted octanol–water partition coefficient (Wildman–Crippen LogP) is 2.85. The largest absolute Gasteiger partial charge is 0.352 e. The lowest BCUT2D eigenvalue weighted by Gasteiger charge is -2.30. The molecule has 0 bridgehead atoms. The number of likely N-dealkylation sites (tertiary alicyclic amines) is 1. The van der Waals surface area contributed by atoms with Crippen LogP contribution >= 0.6 is 0 Å². The standard InChI is InChI=1S/C27H35N3O4/c1-19(25(32)28-21-11-5-6-12-21)29(17-15-20-9-3-2-4-10-20)24(31)16-18-30-26(33)22-13-7-8-14-23(22)27(30)34/h2-4,7-10,19,21-23H,5-6,11-18H2,1H3,(H,28,32)/t19-,22-,23+/m1/s1. The molecule has 2 fully saturated rings. The maximum absolute atomic E-state index is 13.3. The predicted molar refractivity (Wildman–Crippen MR) is 128 cm³/mol. The molecule has 1 saturated heterocycles. The number of hydrogen-bond donors (Lipinski definition) is 1. The SMILES string of the molecule is C[C@H](C(=O)NC1CCCC1)N(CCc1ccccc1)C(=O)CCN1C(=O)[C@H]2CC=CC[C@H]2C1=O. The second-order valence-corrected chi connectivity index (χ2v) is 9.72. The number of benzene rings is 1. The molecule has 0 unspecified atom stereocenters. The average molecular weight is 466 g/mol. The van der Waals surface area contributed by atoms with E-state index in [2.05, 4.69) is 5.32 Å². The molecule has 7 heteroatoms. The summed E-state index contributed by atoms with van der Waals surface area (Å²) in [6, 6.07) is 9.42. The van der Waals surface area contributed by atoms with Gasteiger partial charge in [-0.15, -0.1) is 0 Å². The Bertz CT molecular complexity index is 912. The molecule has 3 atom stereocenters. The van der Waals surface area contributed by atoms with E-state index in [1.165, 1.54) is 4.90 Å². The van der Waals surface area contributed by atoms with Crippen LogP contribution in [-0.2, 0) is 25.6 Å². The molecule has 4 rings (SSSR count). The van der Waals surface area contributed by atoms with Crippen LogP contribution in [0.15, 0.2) is 42.5 Å². The van der Waals surface area contributed by atoms with Gasteiger partial charge in [-0.25, -0.2) is 0 Å². The summed E-state index contributed by atoms with van der Waals surface area (Å²) in [6.45, 7) is 2.24. The van der Waals surface area contributed by atoms with Gasteiger partial charge in [0, 0.05) is 25.6 Å². The molecule has 4 amide bonds. The minimum Gasteiger partial charge on any atom is -0.352 e. The van der Waals surface area contributed by atoms with Crippen LogP contribution in [0.5, 0.6) is 0 Å². The zero-order valence-electron chi connectivity index (χ0n) is 19.9. The number of nitrogens with zero attached hydrogens (tertiary/aromatic N) is 2. The maximum atomic E-state index is 13.3. The zero-order valence-corrected chi connectivity index (χ0v) is 19.9. The lowest BCUT2D eigenvalue weighted by molar-refractivity contribution is -0.143. The van der Waals surface area contributed by atoms with E-state index in [4.69, 9.17) is 0 Å². The molecule has 0 spiro atoms. The summed E-state index contributed by atoms with van der Waals surface area (Å²) < 4.78 is 0. The number of allylic oxidation sites excluding steroid dienone is 2. The highest BCUT2D eigenvalue weighted by Crippen LogP contribution is 2.35. The third-order valence-corrected chi connectivity index (χ3v) is 7.50. The molecular weight excluding hydrogens is 430 g/mol. The molecule has 1 N–H and O–H groups in total. The second-order valence-electron chi connectivity index (χ2n) is 9.72. The summed E-state index contributed by atoms with van der Waals surface area (Å²) in [5, 5.41) is 3.10. The number of imide groups is 1. The van der Waals surface area contributed by atoms with Gasteiger partial charge in [0.15, 0.2) is 0 Å². The molecule has 7 nitrogen and oxygen atoms in total. The van der Waals surface area contributed by atoms with Crippen molar-refractivity contribution in [1.29, 1.82) is 0 Å². The van der Waals surface area contributed by atoms with Gasteiger partial charge in [-0.3, -0.25) is 24.1 Å². The van der Waals surface area contributed by atoms with Gasteiger partial charge in [0.2, 0.25) is 23.6 Å². The average Bonchev–Trinajstić information content (AvgIpc) is 3.45. The van der Waals surface area contributed by atoms with Gasteiger partial charge in [0.05, 0.1) is 11.8 Å². The molecule has 182 valence electrons. The van der Waals surface area contributed by atoms with Gasteiger partial charge in [-0.2, -0.15) is 0 Å². The quantitative estimate of drug-likeness (QED) is 0.449. The molecule has 2 aliphatic carbocycles. The van der Waals surface area contributed by atoms with E-state index in [0.29, 0.717) is 25.8 Å². The number of carbonyl (C=O) groups excluding carboxylic acids is 4.